The zero-order valence-corrected chi connectivity index (χ0v) is 7.86. The zero-order chi connectivity index (χ0) is 9.42. The third-order valence-corrected chi connectivity index (χ3v) is 2.14. The second-order valence-electron chi connectivity index (χ2n) is 2.53. The molecule has 0 fully saturated rings. The van der Waals surface area contributed by atoms with Crippen LogP contribution in [0, 0.1) is 11.3 Å². The second-order valence-corrected chi connectivity index (χ2v) is 3.37. The number of hydrogen-bond acceptors (Lipinski definition) is 2. The van der Waals surface area contributed by atoms with Crippen molar-refractivity contribution in [2.75, 3.05) is 0 Å². The smallest absolute Gasteiger partial charge is 0.204 e. The molecule has 4 heteroatoms. The van der Waals surface area contributed by atoms with E-state index in [1.165, 1.54) is 0 Å². The minimum atomic E-state index is 0.235. The molecule has 2 rings (SSSR count). The van der Waals surface area contributed by atoms with E-state index in [2.05, 4.69) is 0 Å². The molecule has 0 aliphatic carbocycles. The van der Waals surface area contributed by atoms with Crippen LogP contribution in [0.2, 0.25) is 10.0 Å². The van der Waals surface area contributed by atoms with Gasteiger partial charge in [0.1, 0.15) is 6.07 Å². The average molecular weight is 212 g/mol. The molecule has 0 saturated carbocycles. The van der Waals surface area contributed by atoms with Crippen molar-refractivity contribution in [3.63, 3.8) is 0 Å². The Morgan fingerprint density at radius 1 is 1.23 bits per heavy atom. The number of hydrogen-bond donors (Lipinski definition) is 0. The van der Waals surface area contributed by atoms with Crippen molar-refractivity contribution in [1.82, 2.24) is 0 Å². The molecule has 2 aromatic rings. The van der Waals surface area contributed by atoms with Crippen LogP contribution in [-0.4, -0.2) is 0 Å². The summed E-state index contributed by atoms with van der Waals surface area (Å²) in [5.74, 6) is 0.235. The lowest BCUT2D eigenvalue weighted by atomic mass is 10.2. The first-order valence-electron chi connectivity index (χ1n) is 3.49. The minimum Gasteiger partial charge on any atom is -0.444 e. The van der Waals surface area contributed by atoms with Gasteiger partial charge < -0.3 is 4.42 Å². The Labute approximate surface area is 84.3 Å². The van der Waals surface area contributed by atoms with Crippen LogP contribution in [0.3, 0.4) is 0 Å². The van der Waals surface area contributed by atoms with Gasteiger partial charge in [0.2, 0.25) is 5.76 Å². The number of nitriles is 1. The molecule has 0 bridgehead atoms. The highest BCUT2D eigenvalue weighted by molar-refractivity contribution is 6.38. The highest BCUT2D eigenvalue weighted by Crippen LogP contribution is 2.29. The van der Waals surface area contributed by atoms with Crippen LogP contribution in [-0.2, 0) is 0 Å². The summed E-state index contributed by atoms with van der Waals surface area (Å²) >= 11 is 11.6. The molecule has 1 heterocycles. The maximum atomic E-state index is 8.58. The molecule has 1 aromatic carbocycles. The van der Waals surface area contributed by atoms with Crippen LogP contribution in [0.5, 0.6) is 0 Å². The summed E-state index contributed by atoms with van der Waals surface area (Å²) in [7, 11) is 0. The van der Waals surface area contributed by atoms with Gasteiger partial charge in [-0.25, -0.2) is 0 Å². The number of furan rings is 1. The molecule has 13 heavy (non-hydrogen) atoms. The summed E-state index contributed by atoms with van der Waals surface area (Å²) in [6.07, 6.45) is 0. The summed E-state index contributed by atoms with van der Waals surface area (Å²) in [5, 5.41) is 10.3. The predicted octanol–water partition coefficient (Wildman–Crippen LogP) is 3.61. The van der Waals surface area contributed by atoms with E-state index in [4.69, 9.17) is 32.9 Å². The van der Waals surface area contributed by atoms with Gasteiger partial charge >= 0.3 is 0 Å². The molecule has 0 aliphatic heterocycles. The fourth-order valence-electron chi connectivity index (χ4n) is 1.13. The summed E-state index contributed by atoms with van der Waals surface area (Å²) in [4.78, 5) is 0. The van der Waals surface area contributed by atoms with E-state index in [1.54, 1.807) is 18.2 Å². The fraction of sp³-hybridized carbons (Fsp3) is 0. The third-order valence-electron chi connectivity index (χ3n) is 1.65. The topological polar surface area (TPSA) is 36.9 Å². The van der Waals surface area contributed by atoms with E-state index < -0.39 is 0 Å². The van der Waals surface area contributed by atoms with Crippen LogP contribution in [0.1, 0.15) is 5.76 Å². The lowest BCUT2D eigenvalue weighted by Crippen LogP contribution is -1.67. The zero-order valence-electron chi connectivity index (χ0n) is 6.34. The lowest BCUT2D eigenvalue weighted by molar-refractivity contribution is 0.599. The van der Waals surface area contributed by atoms with Crippen molar-refractivity contribution in [3.05, 3.63) is 34.0 Å². The first-order valence-corrected chi connectivity index (χ1v) is 4.25. The van der Waals surface area contributed by atoms with Gasteiger partial charge in [-0.2, -0.15) is 5.26 Å². The molecule has 0 aliphatic rings. The fourth-order valence-corrected chi connectivity index (χ4v) is 1.68. The Bertz CT molecular complexity index is 510. The largest absolute Gasteiger partial charge is 0.444 e. The van der Waals surface area contributed by atoms with Crippen LogP contribution in [0.25, 0.3) is 11.0 Å². The molecular weight excluding hydrogens is 209 g/mol. The molecule has 0 atom stereocenters. The Morgan fingerprint density at radius 3 is 2.69 bits per heavy atom. The van der Waals surface area contributed by atoms with Gasteiger partial charge in [-0.05, 0) is 12.1 Å². The highest BCUT2D eigenvalue weighted by Gasteiger charge is 2.07. The van der Waals surface area contributed by atoms with E-state index in [-0.39, 0.29) is 5.76 Å². The normalized spacial score (nSPS) is 10.2. The quantitative estimate of drug-likeness (QED) is 0.668. The molecule has 64 valence electrons. The van der Waals surface area contributed by atoms with Crippen molar-refractivity contribution in [1.29, 1.82) is 5.26 Å². The van der Waals surface area contributed by atoms with Crippen LogP contribution in [0.4, 0.5) is 0 Å². The van der Waals surface area contributed by atoms with Gasteiger partial charge in [-0.1, -0.05) is 23.2 Å². The maximum Gasteiger partial charge on any atom is 0.204 e. The summed E-state index contributed by atoms with van der Waals surface area (Å²) in [6, 6.07) is 6.78. The molecule has 0 unspecified atom stereocenters. The molecular formula is C9H3Cl2NO. The number of rotatable bonds is 0. The molecule has 2 nitrogen and oxygen atoms in total. The van der Waals surface area contributed by atoms with Crippen molar-refractivity contribution in [2.45, 2.75) is 0 Å². The van der Waals surface area contributed by atoms with E-state index in [9.17, 15) is 0 Å². The van der Waals surface area contributed by atoms with E-state index >= 15 is 0 Å². The van der Waals surface area contributed by atoms with Gasteiger partial charge in [0.15, 0.2) is 5.58 Å². The van der Waals surface area contributed by atoms with Crippen LogP contribution in [0.15, 0.2) is 22.6 Å². The Kier molecular flexibility index (Phi) is 1.91. The standard InChI is InChI=1S/C9H3Cl2NO/c10-6-1-5-2-7(4-12)13-9(5)8(11)3-6/h1-3H. The molecule has 0 radical (unpaired) electrons. The predicted molar refractivity (Wildman–Crippen MR) is 50.9 cm³/mol. The molecule has 1 aromatic heterocycles. The summed E-state index contributed by atoms with van der Waals surface area (Å²) in [5.41, 5.74) is 0.502. The summed E-state index contributed by atoms with van der Waals surface area (Å²) in [6.45, 7) is 0. The van der Waals surface area contributed by atoms with E-state index in [0.717, 1.165) is 5.39 Å². The van der Waals surface area contributed by atoms with Gasteiger partial charge in [0.25, 0.3) is 0 Å². The minimum absolute atomic E-state index is 0.235. The molecule has 0 spiro atoms. The maximum absolute atomic E-state index is 8.58. The molecule has 0 N–H and O–H groups in total. The SMILES string of the molecule is N#Cc1cc2cc(Cl)cc(Cl)c2o1. The molecule has 0 saturated heterocycles. The number of nitrogens with zero attached hydrogens (tertiary/aromatic N) is 1. The van der Waals surface area contributed by atoms with E-state index in [0.29, 0.717) is 15.6 Å². The van der Waals surface area contributed by atoms with Crippen molar-refractivity contribution >= 4 is 34.2 Å². The van der Waals surface area contributed by atoms with E-state index in [1.807, 2.05) is 6.07 Å². The first-order chi connectivity index (χ1) is 6.20. The van der Waals surface area contributed by atoms with Gasteiger partial charge in [0.05, 0.1) is 5.02 Å². The Balaban J connectivity index is 2.84. The number of halogens is 2. The lowest BCUT2D eigenvalue weighted by Gasteiger charge is -1.92. The van der Waals surface area contributed by atoms with Crippen molar-refractivity contribution in [2.24, 2.45) is 0 Å². The average Bonchev–Trinajstić information content (AvgIpc) is 2.47. The number of fused-ring (bicyclic) bond motifs is 1. The number of benzene rings is 1. The molecule has 0 amide bonds. The van der Waals surface area contributed by atoms with Gasteiger partial charge in [-0.3, -0.25) is 0 Å². The highest BCUT2D eigenvalue weighted by atomic mass is 35.5. The van der Waals surface area contributed by atoms with Gasteiger partial charge in [0, 0.05) is 16.5 Å². The van der Waals surface area contributed by atoms with Gasteiger partial charge in [-0.15, -0.1) is 0 Å². The summed E-state index contributed by atoms with van der Waals surface area (Å²) < 4.78 is 5.15. The van der Waals surface area contributed by atoms with Crippen LogP contribution < -0.4 is 0 Å². The van der Waals surface area contributed by atoms with Crippen LogP contribution >= 0.6 is 23.2 Å². The Hall–Kier alpha value is -1.17. The van der Waals surface area contributed by atoms with Crippen molar-refractivity contribution < 1.29 is 4.42 Å². The monoisotopic (exact) mass is 211 g/mol. The van der Waals surface area contributed by atoms with Crippen molar-refractivity contribution in [3.8, 4) is 6.07 Å². The Morgan fingerprint density at radius 2 is 2.00 bits per heavy atom. The third kappa shape index (κ3) is 1.37. The second kappa shape index (κ2) is 2.95. The first kappa shape index (κ1) is 8.43.